The molecule has 0 atom stereocenters. The van der Waals surface area contributed by atoms with Crippen molar-refractivity contribution in [2.45, 2.75) is 0 Å². The average Bonchev–Trinajstić information content (AvgIpc) is 2.43. The van der Waals surface area contributed by atoms with Gasteiger partial charge in [-0.1, -0.05) is 0 Å². The molecular weight excluding hydrogens is 333 g/mol. The number of hydrogen-bond donors (Lipinski definition) is 0. The van der Waals surface area contributed by atoms with Crippen molar-refractivity contribution < 1.29 is 18.8 Å². The van der Waals surface area contributed by atoms with E-state index in [1.165, 1.54) is 37.4 Å². The summed E-state index contributed by atoms with van der Waals surface area (Å²) in [4.78, 5) is 10.4. The Kier molecular flexibility index (Phi) is 4.19. The standard InChI is InChI=1S/C13H9BrFNO4/c1-19-8-3-5-13(12(7-8)16(17)18)20-9-2-4-11(15)10(14)6-9/h2-7H,1H3. The van der Waals surface area contributed by atoms with E-state index in [0.29, 0.717) is 5.75 Å². The van der Waals surface area contributed by atoms with Crippen LogP contribution in [0.5, 0.6) is 17.2 Å². The summed E-state index contributed by atoms with van der Waals surface area (Å²) in [6.45, 7) is 0. The molecule has 7 heteroatoms. The second-order valence-electron chi connectivity index (χ2n) is 3.77. The van der Waals surface area contributed by atoms with Crippen molar-refractivity contribution in [2.24, 2.45) is 0 Å². The maximum absolute atomic E-state index is 13.1. The third kappa shape index (κ3) is 3.05. The van der Waals surface area contributed by atoms with Crippen LogP contribution in [-0.4, -0.2) is 12.0 Å². The molecule has 0 aliphatic heterocycles. The van der Waals surface area contributed by atoms with E-state index in [9.17, 15) is 14.5 Å². The van der Waals surface area contributed by atoms with Gasteiger partial charge in [0.2, 0.25) is 5.75 Å². The Hall–Kier alpha value is -2.15. The van der Waals surface area contributed by atoms with Gasteiger partial charge in [-0.25, -0.2) is 4.39 Å². The van der Waals surface area contributed by atoms with Crippen molar-refractivity contribution in [1.82, 2.24) is 0 Å². The van der Waals surface area contributed by atoms with Gasteiger partial charge in [-0.05, 0) is 46.3 Å². The van der Waals surface area contributed by atoms with E-state index in [2.05, 4.69) is 15.9 Å². The lowest BCUT2D eigenvalue weighted by molar-refractivity contribution is -0.385. The summed E-state index contributed by atoms with van der Waals surface area (Å²) >= 11 is 3.02. The molecule has 2 rings (SSSR count). The third-order valence-corrected chi connectivity index (χ3v) is 3.09. The normalized spacial score (nSPS) is 10.2. The van der Waals surface area contributed by atoms with Gasteiger partial charge in [0.05, 0.1) is 22.6 Å². The molecule has 0 fully saturated rings. The van der Waals surface area contributed by atoms with Crippen LogP contribution in [0.15, 0.2) is 40.9 Å². The van der Waals surface area contributed by atoms with Crippen molar-refractivity contribution in [2.75, 3.05) is 7.11 Å². The Morgan fingerprint density at radius 1 is 1.20 bits per heavy atom. The highest BCUT2D eigenvalue weighted by Crippen LogP contribution is 2.35. The molecule has 2 aromatic rings. The fourth-order valence-corrected chi connectivity index (χ4v) is 1.88. The lowest BCUT2D eigenvalue weighted by Crippen LogP contribution is -1.95. The van der Waals surface area contributed by atoms with Gasteiger partial charge in [0.15, 0.2) is 0 Å². The Balaban J connectivity index is 2.37. The van der Waals surface area contributed by atoms with Crippen LogP contribution in [0.4, 0.5) is 10.1 Å². The second kappa shape index (κ2) is 5.87. The second-order valence-corrected chi connectivity index (χ2v) is 4.62. The van der Waals surface area contributed by atoms with Gasteiger partial charge in [-0.15, -0.1) is 0 Å². The number of halogens is 2. The Morgan fingerprint density at radius 3 is 2.50 bits per heavy atom. The molecule has 20 heavy (non-hydrogen) atoms. The van der Waals surface area contributed by atoms with Crippen molar-refractivity contribution in [3.05, 3.63) is 56.8 Å². The summed E-state index contributed by atoms with van der Waals surface area (Å²) in [5, 5.41) is 11.0. The van der Waals surface area contributed by atoms with E-state index < -0.39 is 10.7 Å². The molecule has 104 valence electrons. The zero-order valence-corrected chi connectivity index (χ0v) is 11.9. The van der Waals surface area contributed by atoms with E-state index in [1.807, 2.05) is 0 Å². The van der Waals surface area contributed by atoms with Gasteiger partial charge in [-0.2, -0.15) is 0 Å². The average molecular weight is 342 g/mol. The first-order valence-corrected chi connectivity index (χ1v) is 6.26. The highest BCUT2D eigenvalue weighted by molar-refractivity contribution is 9.10. The van der Waals surface area contributed by atoms with Crippen molar-refractivity contribution in [3.63, 3.8) is 0 Å². The Bertz CT molecular complexity index is 663. The predicted octanol–water partition coefficient (Wildman–Crippen LogP) is 4.30. The number of nitro benzene ring substituents is 1. The van der Waals surface area contributed by atoms with Gasteiger partial charge >= 0.3 is 5.69 Å². The SMILES string of the molecule is COc1ccc(Oc2ccc(F)c(Br)c2)c([N+](=O)[O-])c1. The molecule has 0 aromatic heterocycles. The van der Waals surface area contributed by atoms with Gasteiger partial charge in [0, 0.05) is 0 Å². The largest absolute Gasteiger partial charge is 0.496 e. The summed E-state index contributed by atoms with van der Waals surface area (Å²) in [7, 11) is 1.41. The zero-order chi connectivity index (χ0) is 14.7. The van der Waals surface area contributed by atoms with Crippen LogP contribution in [0.1, 0.15) is 0 Å². The van der Waals surface area contributed by atoms with Gasteiger partial charge in [0.1, 0.15) is 17.3 Å². The molecule has 0 amide bonds. The monoisotopic (exact) mass is 341 g/mol. The first kappa shape index (κ1) is 14.3. The molecule has 0 bridgehead atoms. The minimum Gasteiger partial charge on any atom is -0.496 e. The van der Waals surface area contributed by atoms with E-state index in [1.54, 1.807) is 6.07 Å². The summed E-state index contributed by atoms with van der Waals surface area (Å²) < 4.78 is 23.7. The maximum atomic E-state index is 13.1. The number of benzene rings is 2. The van der Waals surface area contributed by atoms with Crippen molar-refractivity contribution in [3.8, 4) is 17.2 Å². The predicted molar refractivity (Wildman–Crippen MR) is 73.8 cm³/mol. The first-order chi connectivity index (χ1) is 9.51. The van der Waals surface area contributed by atoms with Crippen molar-refractivity contribution in [1.29, 1.82) is 0 Å². The number of nitrogens with zero attached hydrogens (tertiary/aromatic N) is 1. The Morgan fingerprint density at radius 2 is 1.90 bits per heavy atom. The molecule has 0 saturated heterocycles. The van der Waals surface area contributed by atoms with Crippen LogP contribution >= 0.6 is 15.9 Å². The lowest BCUT2D eigenvalue weighted by Gasteiger charge is -2.08. The summed E-state index contributed by atoms with van der Waals surface area (Å²) in [6, 6.07) is 8.20. The van der Waals surface area contributed by atoms with Crippen LogP contribution in [0.3, 0.4) is 0 Å². The van der Waals surface area contributed by atoms with Crippen LogP contribution in [0.2, 0.25) is 0 Å². The van der Waals surface area contributed by atoms with E-state index in [0.717, 1.165) is 0 Å². The van der Waals surface area contributed by atoms with Gasteiger partial charge < -0.3 is 9.47 Å². The van der Waals surface area contributed by atoms with Crippen molar-refractivity contribution >= 4 is 21.6 Å². The smallest absolute Gasteiger partial charge is 0.315 e. The van der Waals surface area contributed by atoms with Crippen LogP contribution in [0, 0.1) is 15.9 Å². The molecule has 0 heterocycles. The number of hydrogen-bond acceptors (Lipinski definition) is 4. The van der Waals surface area contributed by atoms with Gasteiger partial charge in [0.25, 0.3) is 0 Å². The molecular formula is C13H9BrFNO4. The highest BCUT2D eigenvalue weighted by Gasteiger charge is 2.17. The minimum atomic E-state index is -0.573. The first-order valence-electron chi connectivity index (χ1n) is 5.46. The van der Waals surface area contributed by atoms with E-state index in [4.69, 9.17) is 9.47 Å². The molecule has 5 nitrogen and oxygen atoms in total. The molecule has 0 spiro atoms. The summed E-state index contributed by atoms with van der Waals surface area (Å²) in [5.74, 6) is 0.242. The number of rotatable bonds is 4. The molecule has 0 N–H and O–H groups in total. The fourth-order valence-electron chi connectivity index (χ4n) is 1.52. The molecule has 0 saturated carbocycles. The van der Waals surface area contributed by atoms with Crippen LogP contribution in [0.25, 0.3) is 0 Å². The highest BCUT2D eigenvalue weighted by atomic mass is 79.9. The quantitative estimate of drug-likeness (QED) is 0.614. The minimum absolute atomic E-state index is 0.0503. The molecule has 0 aliphatic rings. The Labute approximate surface area is 122 Å². The van der Waals surface area contributed by atoms with Crippen LogP contribution < -0.4 is 9.47 Å². The van der Waals surface area contributed by atoms with Crippen LogP contribution in [-0.2, 0) is 0 Å². The molecule has 0 radical (unpaired) electrons. The number of ether oxygens (including phenoxy) is 2. The topological polar surface area (TPSA) is 61.6 Å². The zero-order valence-electron chi connectivity index (χ0n) is 10.3. The molecule has 0 unspecified atom stereocenters. The maximum Gasteiger partial charge on any atom is 0.315 e. The van der Waals surface area contributed by atoms with Gasteiger partial charge in [-0.3, -0.25) is 10.1 Å². The number of nitro groups is 1. The third-order valence-electron chi connectivity index (χ3n) is 2.48. The summed E-state index contributed by atoms with van der Waals surface area (Å²) in [5.41, 5.74) is -0.232. The van der Waals surface area contributed by atoms with E-state index >= 15 is 0 Å². The number of methoxy groups -OCH3 is 1. The summed E-state index contributed by atoms with van der Waals surface area (Å²) in [6.07, 6.45) is 0. The molecule has 2 aromatic carbocycles. The fraction of sp³-hybridized carbons (Fsp3) is 0.0769. The van der Waals surface area contributed by atoms with E-state index in [-0.39, 0.29) is 21.7 Å². The lowest BCUT2D eigenvalue weighted by atomic mass is 10.2. The molecule has 0 aliphatic carbocycles.